The van der Waals surface area contributed by atoms with Gasteiger partial charge in [-0.3, -0.25) is 14.6 Å². The zero-order valence-corrected chi connectivity index (χ0v) is 15.3. The maximum absolute atomic E-state index is 13.3. The number of nitrogens with zero attached hydrogens (tertiary/aromatic N) is 2. The van der Waals surface area contributed by atoms with E-state index < -0.39 is 0 Å². The van der Waals surface area contributed by atoms with Gasteiger partial charge < -0.3 is 9.84 Å². The van der Waals surface area contributed by atoms with Gasteiger partial charge in [-0.05, 0) is 53.9 Å². The van der Waals surface area contributed by atoms with Crippen LogP contribution in [0.3, 0.4) is 0 Å². The third kappa shape index (κ3) is 2.90. The van der Waals surface area contributed by atoms with E-state index in [0.717, 1.165) is 29.9 Å². The van der Waals surface area contributed by atoms with Gasteiger partial charge in [0, 0.05) is 13.1 Å². The monoisotopic (exact) mass is 372 g/mol. The van der Waals surface area contributed by atoms with Crippen molar-refractivity contribution in [3.63, 3.8) is 0 Å². The number of hydrogen-bond acceptors (Lipinski definition) is 4. The minimum absolute atomic E-state index is 0.0189. The van der Waals surface area contributed by atoms with Crippen molar-refractivity contribution in [3.05, 3.63) is 77.9 Å². The first-order chi connectivity index (χ1) is 13.7. The first kappa shape index (κ1) is 16.8. The topological polar surface area (TPSA) is 53.0 Å². The molecule has 0 bridgehead atoms. The van der Waals surface area contributed by atoms with Gasteiger partial charge in [-0.2, -0.15) is 0 Å². The Morgan fingerprint density at radius 3 is 2.32 bits per heavy atom. The van der Waals surface area contributed by atoms with Crippen molar-refractivity contribution >= 4 is 17.3 Å². The molecule has 5 rings (SSSR count). The fraction of sp³-hybridized carbons (Fsp3) is 0.174. The molecule has 0 aliphatic carbocycles. The Morgan fingerprint density at radius 1 is 0.929 bits per heavy atom. The maximum atomic E-state index is 13.3. The van der Waals surface area contributed by atoms with Crippen LogP contribution in [0, 0.1) is 0 Å². The van der Waals surface area contributed by atoms with Gasteiger partial charge in [-0.25, -0.2) is 0 Å². The fourth-order valence-electron chi connectivity index (χ4n) is 3.97. The van der Waals surface area contributed by atoms with Crippen LogP contribution in [0.25, 0.3) is 0 Å². The number of para-hydroxylation sites is 4. The molecule has 28 heavy (non-hydrogen) atoms. The number of carbonyl (C=O) groups excluding carboxylic acids is 1. The second kappa shape index (κ2) is 6.69. The second-order valence-electron chi connectivity index (χ2n) is 7.18. The van der Waals surface area contributed by atoms with Crippen LogP contribution in [-0.2, 0) is 17.8 Å². The molecule has 5 nitrogen and oxygen atoms in total. The van der Waals surface area contributed by atoms with Crippen molar-refractivity contribution < 1.29 is 14.6 Å². The van der Waals surface area contributed by atoms with Crippen molar-refractivity contribution in [1.82, 2.24) is 4.90 Å². The van der Waals surface area contributed by atoms with Gasteiger partial charge in [0.15, 0.2) is 11.5 Å². The molecule has 0 saturated carbocycles. The van der Waals surface area contributed by atoms with Crippen LogP contribution in [0.5, 0.6) is 17.2 Å². The number of aromatic hydroxyl groups is 1. The number of rotatable bonds is 2. The first-order valence-electron chi connectivity index (χ1n) is 9.41. The molecule has 1 N–H and O–H groups in total. The smallest absolute Gasteiger partial charge is 0.245 e. The first-order valence-corrected chi connectivity index (χ1v) is 9.41. The van der Waals surface area contributed by atoms with Crippen molar-refractivity contribution in [2.24, 2.45) is 0 Å². The van der Waals surface area contributed by atoms with Crippen molar-refractivity contribution in [1.29, 1.82) is 0 Å². The number of ether oxygens (including phenoxy) is 1. The number of hydrogen-bond donors (Lipinski definition) is 1. The quantitative estimate of drug-likeness (QED) is 0.732. The highest BCUT2D eigenvalue weighted by atomic mass is 16.5. The Labute approximate surface area is 163 Å². The zero-order chi connectivity index (χ0) is 19.1. The van der Waals surface area contributed by atoms with Crippen molar-refractivity contribution in [2.45, 2.75) is 13.0 Å². The third-order valence-corrected chi connectivity index (χ3v) is 5.32. The molecule has 3 aromatic rings. The zero-order valence-electron chi connectivity index (χ0n) is 15.3. The summed E-state index contributed by atoms with van der Waals surface area (Å²) < 4.78 is 5.97. The van der Waals surface area contributed by atoms with Crippen molar-refractivity contribution in [3.8, 4) is 17.2 Å². The Balaban J connectivity index is 1.42. The van der Waals surface area contributed by atoms with E-state index in [4.69, 9.17) is 4.74 Å². The number of benzene rings is 3. The van der Waals surface area contributed by atoms with Gasteiger partial charge in [0.1, 0.15) is 5.75 Å². The molecular formula is C23H20N2O3. The van der Waals surface area contributed by atoms with Crippen LogP contribution in [0.2, 0.25) is 0 Å². The number of anilines is 2. The molecule has 1 amide bonds. The lowest BCUT2D eigenvalue weighted by Gasteiger charge is -2.34. The van der Waals surface area contributed by atoms with Crippen LogP contribution >= 0.6 is 0 Å². The summed E-state index contributed by atoms with van der Waals surface area (Å²) in [5.74, 6) is 1.69. The average molecular weight is 372 g/mol. The minimum Gasteiger partial charge on any atom is -0.508 e. The van der Waals surface area contributed by atoms with E-state index in [-0.39, 0.29) is 5.91 Å². The molecule has 0 saturated heterocycles. The predicted octanol–water partition coefficient (Wildman–Crippen LogP) is 4.22. The third-order valence-electron chi connectivity index (χ3n) is 5.32. The summed E-state index contributed by atoms with van der Waals surface area (Å²) in [5, 5.41) is 9.67. The molecule has 5 heteroatoms. The Kier molecular flexibility index (Phi) is 4.02. The molecule has 0 fully saturated rings. The molecule has 140 valence electrons. The van der Waals surface area contributed by atoms with Gasteiger partial charge in [0.05, 0.1) is 17.9 Å². The summed E-state index contributed by atoms with van der Waals surface area (Å²) >= 11 is 0. The Bertz CT molecular complexity index is 1020. The molecule has 0 spiro atoms. The van der Waals surface area contributed by atoms with Gasteiger partial charge in [-0.1, -0.05) is 30.3 Å². The van der Waals surface area contributed by atoms with Crippen molar-refractivity contribution in [2.75, 3.05) is 18.0 Å². The highest BCUT2D eigenvalue weighted by Crippen LogP contribution is 2.46. The maximum Gasteiger partial charge on any atom is 0.245 e. The molecule has 0 aromatic heterocycles. The molecule has 0 unspecified atom stereocenters. The van der Waals surface area contributed by atoms with E-state index in [9.17, 15) is 9.90 Å². The summed E-state index contributed by atoms with van der Waals surface area (Å²) in [4.78, 5) is 17.3. The Hall–Kier alpha value is -3.31. The SMILES string of the molecule is O=C(CN1CCc2cc(O)ccc2C1)N1c2ccccc2Oc2ccccc21. The van der Waals surface area contributed by atoms with Crippen LogP contribution in [0.1, 0.15) is 11.1 Å². The summed E-state index contributed by atoms with van der Waals surface area (Å²) in [7, 11) is 0. The normalized spacial score (nSPS) is 15.2. The lowest BCUT2D eigenvalue weighted by Crippen LogP contribution is -2.41. The number of phenolic OH excluding ortho intramolecular Hbond substituents is 1. The highest BCUT2D eigenvalue weighted by molar-refractivity contribution is 6.05. The second-order valence-corrected chi connectivity index (χ2v) is 7.18. The summed E-state index contributed by atoms with van der Waals surface area (Å²) in [6.45, 7) is 1.81. The lowest BCUT2D eigenvalue weighted by atomic mass is 9.99. The number of amides is 1. The molecule has 0 atom stereocenters. The largest absolute Gasteiger partial charge is 0.508 e. The standard InChI is InChI=1S/C23H20N2O3/c26-18-10-9-17-14-24(12-11-16(17)13-18)15-23(27)25-19-5-1-3-7-21(19)28-22-8-4-2-6-20(22)25/h1-10,13,26H,11-12,14-15H2. The Morgan fingerprint density at radius 2 is 1.61 bits per heavy atom. The molecule has 3 aromatic carbocycles. The summed E-state index contributed by atoms with van der Waals surface area (Å²) in [6, 6.07) is 20.7. The minimum atomic E-state index is 0.0189. The predicted molar refractivity (Wildman–Crippen MR) is 107 cm³/mol. The van der Waals surface area contributed by atoms with Crippen LogP contribution < -0.4 is 9.64 Å². The van der Waals surface area contributed by atoms with E-state index in [1.165, 1.54) is 5.56 Å². The lowest BCUT2D eigenvalue weighted by molar-refractivity contribution is -0.119. The van der Waals surface area contributed by atoms with Crippen LogP contribution in [0.4, 0.5) is 11.4 Å². The van der Waals surface area contributed by atoms with E-state index >= 15 is 0 Å². The van der Waals surface area contributed by atoms with Gasteiger partial charge >= 0.3 is 0 Å². The highest BCUT2D eigenvalue weighted by Gasteiger charge is 2.30. The molecule has 0 radical (unpaired) electrons. The van der Waals surface area contributed by atoms with E-state index in [0.29, 0.717) is 30.3 Å². The summed E-state index contributed by atoms with van der Waals surface area (Å²) in [6.07, 6.45) is 0.827. The molecule has 2 aliphatic heterocycles. The van der Waals surface area contributed by atoms with Crippen LogP contribution in [-0.4, -0.2) is 29.0 Å². The van der Waals surface area contributed by atoms with Gasteiger partial charge in [0.2, 0.25) is 5.91 Å². The molecule has 2 aliphatic rings. The number of fused-ring (bicyclic) bond motifs is 3. The van der Waals surface area contributed by atoms with E-state index in [1.807, 2.05) is 60.7 Å². The fourth-order valence-corrected chi connectivity index (χ4v) is 3.97. The van der Waals surface area contributed by atoms with Gasteiger partial charge in [-0.15, -0.1) is 0 Å². The van der Waals surface area contributed by atoms with Gasteiger partial charge in [0.25, 0.3) is 0 Å². The molecular weight excluding hydrogens is 352 g/mol. The number of carbonyl (C=O) groups is 1. The number of phenols is 1. The van der Waals surface area contributed by atoms with Crippen LogP contribution in [0.15, 0.2) is 66.7 Å². The average Bonchev–Trinajstić information content (AvgIpc) is 2.72. The molecule has 2 heterocycles. The summed E-state index contributed by atoms with van der Waals surface area (Å²) in [5.41, 5.74) is 3.87. The van der Waals surface area contributed by atoms with E-state index in [2.05, 4.69) is 4.90 Å². The van der Waals surface area contributed by atoms with E-state index in [1.54, 1.807) is 11.0 Å².